The third-order valence-corrected chi connectivity index (χ3v) is 4.75. The van der Waals surface area contributed by atoms with Gasteiger partial charge in [0.25, 0.3) is 0 Å². The Bertz CT molecular complexity index is 765. The summed E-state index contributed by atoms with van der Waals surface area (Å²) >= 11 is 6.44. The normalized spacial score (nSPS) is 17.5. The SMILES string of the molecule is Cc1nn(Cc2ccccc2)c(Cl)c1/C=C/C(=O)OCC1CCCCO1. The third-order valence-electron chi connectivity index (χ3n) is 4.36. The van der Waals surface area contributed by atoms with Crippen molar-refractivity contribution < 1.29 is 14.3 Å². The van der Waals surface area contributed by atoms with Crippen molar-refractivity contribution in [2.24, 2.45) is 0 Å². The molecule has 2 aromatic rings. The minimum atomic E-state index is -0.398. The van der Waals surface area contributed by atoms with Crippen molar-refractivity contribution in [3.8, 4) is 0 Å². The van der Waals surface area contributed by atoms with E-state index in [2.05, 4.69) is 5.10 Å². The highest BCUT2D eigenvalue weighted by Gasteiger charge is 2.16. The minimum absolute atomic E-state index is 0.0139. The molecule has 0 aliphatic carbocycles. The summed E-state index contributed by atoms with van der Waals surface area (Å²) in [6.45, 7) is 3.49. The lowest BCUT2D eigenvalue weighted by Gasteiger charge is -2.21. The highest BCUT2D eigenvalue weighted by atomic mass is 35.5. The topological polar surface area (TPSA) is 53.4 Å². The number of aromatic nitrogens is 2. The molecular weight excluding hydrogens is 352 g/mol. The van der Waals surface area contributed by atoms with E-state index in [0.717, 1.165) is 42.7 Å². The van der Waals surface area contributed by atoms with Crippen molar-refractivity contribution in [2.45, 2.75) is 38.8 Å². The number of nitrogens with zero attached hydrogens (tertiary/aromatic N) is 2. The van der Waals surface area contributed by atoms with Crippen LogP contribution in [-0.2, 0) is 20.8 Å². The van der Waals surface area contributed by atoms with Crippen molar-refractivity contribution in [3.63, 3.8) is 0 Å². The number of rotatable bonds is 6. The number of hydrogen-bond acceptors (Lipinski definition) is 4. The maximum Gasteiger partial charge on any atom is 0.330 e. The number of hydrogen-bond donors (Lipinski definition) is 0. The molecular formula is C20H23ClN2O3. The first kappa shape index (κ1) is 18.7. The summed E-state index contributed by atoms with van der Waals surface area (Å²) in [4.78, 5) is 11.9. The quantitative estimate of drug-likeness (QED) is 0.566. The molecule has 0 saturated carbocycles. The Balaban J connectivity index is 1.60. The highest BCUT2D eigenvalue weighted by molar-refractivity contribution is 6.31. The zero-order valence-electron chi connectivity index (χ0n) is 14.9. The van der Waals surface area contributed by atoms with E-state index in [1.807, 2.05) is 37.3 Å². The van der Waals surface area contributed by atoms with E-state index in [4.69, 9.17) is 21.1 Å². The third kappa shape index (κ3) is 4.96. The number of benzene rings is 1. The van der Waals surface area contributed by atoms with Gasteiger partial charge in [-0.15, -0.1) is 0 Å². The van der Waals surface area contributed by atoms with Crippen LogP contribution >= 0.6 is 11.6 Å². The average Bonchev–Trinajstić information content (AvgIpc) is 2.93. The number of carbonyl (C=O) groups excluding carboxylic acids is 1. The lowest BCUT2D eigenvalue weighted by molar-refractivity contribution is -0.143. The second kappa shape index (κ2) is 9.01. The van der Waals surface area contributed by atoms with Crippen molar-refractivity contribution in [2.75, 3.05) is 13.2 Å². The first-order valence-electron chi connectivity index (χ1n) is 8.87. The molecule has 1 aromatic heterocycles. The number of aryl methyl sites for hydroxylation is 1. The Morgan fingerprint density at radius 3 is 2.92 bits per heavy atom. The van der Waals surface area contributed by atoms with Gasteiger partial charge < -0.3 is 9.47 Å². The lowest BCUT2D eigenvalue weighted by Crippen LogP contribution is -2.25. The van der Waals surface area contributed by atoms with Crippen LogP contribution in [0.5, 0.6) is 0 Å². The van der Waals surface area contributed by atoms with Gasteiger partial charge in [-0.05, 0) is 37.8 Å². The summed E-state index contributed by atoms with van der Waals surface area (Å²) in [5.74, 6) is -0.398. The summed E-state index contributed by atoms with van der Waals surface area (Å²) < 4.78 is 12.5. The molecule has 0 radical (unpaired) electrons. The highest BCUT2D eigenvalue weighted by Crippen LogP contribution is 2.22. The Morgan fingerprint density at radius 1 is 1.38 bits per heavy atom. The fourth-order valence-corrected chi connectivity index (χ4v) is 3.23. The minimum Gasteiger partial charge on any atom is -0.460 e. The molecule has 0 spiro atoms. The molecule has 2 heterocycles. The molecule has 1 fully saturated rings. The molecule has 0 amide bonds. The van der Waals surface area contributed by atoms with Gasteiger partial charge in [-0.25, -0.2) is 9.48 Å². The molecule has 1 unspecified atom stereocenters. The van der Waals surface area contributed by atoms with Crippen molar-refractivity contribution in [1.29, 1.82) is 0 Å². The summed E-state index contributed by atoms with van der Waals surface area (Å²) in [5, 5.41) is 4.97. The Hall–Kier alpha value is -2.11. The van der Waals surface area contributed by atoms with Crippen LogP contribution < -0.4 is 0 Å². The molecule has 0 N–H and O–H groups in total. The van der Waals surface area contributed by atoms with E-state index in [1.165, 1.54) is 6.08 Å². The van der Waals surface area contributed by atoms with Crippen LogP contribution in [0.15, 0.2) is 36.4 Å². The van der Waals surface area contributed by atoms with Gasteiger partial charge in [0.05, 0.1) is 18.3 Å². The van der Waals surface area contributed by atoms with Gasteiger partial charge in [0, 0.05) is 18.2 Å². The van der Waals surface area contributed by atoms with Crippen LogP contribution in [0.3, 0.4) is 0 Å². The van der Waals surface area contributed by atoms with Gasteiger partial charge >= 0.3 is 5.97 Å². The molecule has 5 nitrogen and oxygen atoms in total. The summed E-state index contributed by atoms with van der Waals surface area (Å²) in [5.41, 5.74) is 2.61. The average molecular weight is 375 g/mol. The lowest BCUT2D eigenvalue weighted by atomic mass is 10.1. The van der Waals surface area contributed by atoms with Gasteiger partial charge in [-0.3, -0.25) is 0 Å². The Morgan fingerprint density at radius 2 is 2.19 bits per heavy atom. The van der Waals surface area contributed by atoms with E-state index in [0.29, 0.717) is 18.3 Å². The monoisotopic (exact) mass is 374 g/mol. The maximum atomic E-state index is 11.9. The van der Waals surface area contributed by atoms with Gasteiger partial charge in [-0.1, -0.05) is 41.9 Å². The fraction of sp³-hybridized carbons (Fsp3) is 0.400. The van der Waals surface area contributed by atoms with Crippen LogP contribution in [-0.4, -0.2) is 35.1 Å². The maximum absolute atomic E-state index is 11.9. The Labute approximate surface area is 158 Å². The fourth-order valence-electron chi connectivity index (χ4n) is 2.93. The summed E-state index contributed by atoms with van der Waals surface area (Å²) in [6.07, 6.45) is 6.21. The first-order chi connectivity index (χ1) is 12.6. The van der Waals surface area contributed by atoms with Crippen molar-refractivity contribution in [3.05, 3.63) is 58.4 Å². The molecule has 1 saturated heterocycles. The smallest absolute Gasteiger partial charge is 0.330 e. The van der Waals surface area contributed by atoms with E-state index < -0.39 is 5.97 Å². The molecule has 1 atom stereocenters. The molecule has 26 heavy (non-hydrogen) atoms. The van der Waals surface area contributed by atoms with E-state index in [9.17, 15) is 4.79 Å². The first-order valence-corrected chi connectivity index (χ1v) is 9.24. The molecule has 138 valence electrons. The molecule has 3 rings (SSSR count). The van der Waals surface area contributed by atoms with Crippen LogP contribution in [0.2, 0.25) is 5.15 Å². The second-order valence-corrected chi connectivity index (χ2v) is 6.74. The zero-order chi connectivity index (χ0) is 18.4. The van der Waals surface area contributed by atoms with Crippen LogP contribution in [0.1, 0.15) is 36.1 Å². The number of ether oxygens (including phenoxy) is 2. The van der Waals surface area contributed by atoms with E-state index in [-0.39, 0.29) is 6.10 Å². The van der Waals surface area contributed by atoms with Gasteiger partial charge in [-0.2, -0.15) is 5.10 Å². The number of esters is 1. The number of halogens is 1. The van der Waals surface area contributed by atoms with Gasteiger partial charge in [0.1, 0.15) is 11.8 Å². The van der Waals surface area contributed by atoms with Gasteiger partial charge in [0.15, 0.2) is 0 Å². The predicted molar refractivity (Wildman–Crippen MR) is 101 cm³/mol. The van der Waals surface area contributed by atoms with Crippen LogP contribution in [0, 0.1) is 6.92 Å². The van der Waals surface area contributed by atoms with Crippen molar-refractivity contribution >= 4 is 23.6 Å². The largest absolute Gasteiger partial charge is 0.460 e. The Kier molecular flexibility index (Phi) is 6.47. The molecule has 6 heteroatoms. The van der Waals surface area contributed by atoms with Gasteiger partial charge in [0.2, 0.25) is 0 Å². The zero-order valence-corrected chi connectivity index (χ0v) is 15.6. The summed E-state index contributed by atoms with van der Waals surface area (Å²) in [7, 11) is 0. The molecule has 1 aliphatic heterocycles. The van der Waals surface area contributed by atoms with E-state index in [1.54, 1.807) is 10.8 Å². The molecule has 0 bridgehead atoms. The summed E-state index contributed by atoms with van der Waals surface area (Å²) in [6, 6.07) is 9.97. The second-order valence-electron chi connectivity index (χ2n) is 6.39. The van der Waals surface area contributed by atoms with E-state index >= 15 is 0 Å². The molecule has 1 aliphatic rings. The molecule has 1 aromatic carbocycles. The number of carbonyl (C=O) groups is 1. The van der Waals surface area contributed by atoms with Crippen LogP contribution in [0.25, 0.3) is 6.08 Å². The van der Waals surface area contributed by atoms with Crippen LogP contribution in [0.4, 0.5) is 0 Å². The predicted octanol–water partition coefficient (Wildman–Crippen LogP) is 4.02. The standard InChI is InChI=1S/C20H23ClN2O3/c1-15-18(10-11-19(24)26-14-17-9-5-6-12-25-17)20(21)23(22-15)13-16-7-3-2-4-8-16/h2-4,7-8,10-11,17H,5-6,9,12-14H2,1H3/b11-10+. The van der Waals surface area contributed by atoms with Crippen molar-refractivity contribution in [1.82, 2.24) is 9.78 Å².